The molecular formula is C23H21N3O3. The van der Waals surface area contributed by atoms with Crippen molar-refractivity contribution in [3.63, 3.8) is 0 Å². The Labute approximate surface area is 169 Å². The number of ether oxygens (including phenoxy) is 2. The molecule has 1 aromatic heterocycles. The predicted octanol–water partition coefficient (Wildman–Crippen LogP) is 3.26. The van der Waals surface area contributed by atoms with Gasteiger partial charge < -0.3 is 14.4 Å². The van der Waals surface area contributed by atoms with Crippen molar-refractivity contribution in [1.82, 2.24) is 14.9 Å². The molecule has 0 unspecified atom stereocenters. The molecule has 0 N–H and O–H groups in total. The van der Waals surface area contributed by atoms with Crippen molar-refractivity contribution in [2.24, 2.45) is 0 Å². The molecule has 3 aromatic rings. The fraction of sp³-hybridized carbons (Fsp3) is 0.261. The SMILES string of the molecule is COc1ccc(Cc2ncc3c(n2)CN(C(=O)c2cccc4c2COC4)C3)cc1. The average Bonchev–Trinajstić information content (AvgIpc) is 3.40. The van der Waals surface area contributed by atoms with Crippen molar-refractivity contribution in [1.29, 1.82) is 0 Å². The fourth-order valence-electron chi connectivity index (χ4n) is 3.92. The minimum atomic E-state index is 0.0297. The molecule has 0 radical (unpaired) electrons. The van der Waals surface area contributed by atoms with E-state index in [4.69, 9.17) is 14.5 Å². The number of amides is 1. The number of carbonyl (C=O) groups excluding carboxylic acids is 1. The standard InChI is InChI=1S/C23H21N3O3/c1-28-18-7-5-15(6-8-18)9-22-24-10-17-11-26(12-21(17)25-22)23(27)19-4-2-3-16-13-29-14-20(16)19/h2-8,10H,9,11-14H2,1H3. The summed E-state index contributed by atoms with van der Waals surface area (Å²) in [4.78, 5) is 24.2. The van der Waals surface area contributed by atoms with E-state index in [9.17, 15) is 4.79 Å². The molecule has 0 atom stereocenters. The second kappa shape index (κ2) is 7.29. The highest BCUT2D eigenvalue weighted by atomic mass is 16.5. The summed E-state index contributed by atoms with van der Waals surface area (Å²) in [5.74, 6) is 1.62. The summed E-state index contributed by atoms with van der Waals surface area (Å²) in [5.41, 5.74) is 5.92. The highest BCUT2D eigenvalue weighted by Gasteiger charge is 2.29. The Kier molecular flexibility index (Phi) is 4.48. The van der Waals surface area contributed by atoms with Crippen LogP contribution in [0.15, 0.2) is 48.7 Å². The van der Waals surface area contributed by atoms with Crippen LogP contribution < -0.4 is 4.74 Å². The molecule has 0 fully saturated rings. The topological polar surface area (TPSA) is 64.6 Å². The van der Waals surface area contributed by atoms with E-state index in [1.807, 2.05) is 53.6 Å². The van der Waals surface area contributed by atoms with Crippen LogP contribution in [0.25, 0.3) is 0 Å². The zero-order valence-corrected chi connectivity index (χ0v) is 16.2. The number of methoxy groups -OCH3 is 1. The lowest BCUT2D eigenvalue weighted by Crippen LogP contribution is -2.26. The van der Waals surface area contributed by atoms with Gasteiger partial charge in [0.05, 0.1) is 32.6 Å². The molecule has 0 saturated carbocycles. The Morgan fingerprint density at radius 3 is 2.79 bits per heavy atom. The van der Waals surface area contributed by atoms with Crippen molar-refractivity contribution >= 4 is 5.91 Å². The molecule has 0 bridgehead atoms. The first-order valence-electron chi connectivity index (χ1n) is 9.65. The van der Waals surface area contributed by atoms with E-state index in [1.165, 1.54) is 0 Å². The molecule has 6 nitrogen and oxygen atoms in total. The second-order valence-electron chi connectivity index (χ2n) is 7.38. The first-order valence-corrected chi connectivity index (χ1v) is 9.65. The van der Waals surface area contributed by atoms with E-state index in [-0.39, 0.29) is 5.91 Å². The maximum Gasteiger partial charge on any atom is 0.254 e. The van der Waals surface area contributed by atoms with Crippen molar-refractivity contribution < 1.29 is 14.3 Å². The minimum Gasteiger partial charge on any atom is -0.497 e. The summed E-state index contributed by atoms with van der Waals surface area (Å²) in [6.45, 7) is 2.14. The van der Waals surface area contributed by atoms with Crippen molar-refractivity contribution in [3.05, 3.63) is 88.0 Å². The van der Waals surface area contributed by atoms with Crippen LogP contribution in [0.2, 0.25) is 0 Å². The molecule has 1 amide bonds. The molecule has 0 spiro atoms. The number of aromatic nitrogens is 2. The van der Waals surface area contributed by atoms with Gasteiger partial charge in [-0.25, -0.2) is 9.97 Å². The molecule has 0 saturated heterocycles. The third-order valence-corrected chi connectivity index (χ3v) is 5.52. The molecule has 6 heteroatoms. The van der Waals surface area contributed by atoms with Crippen LogP contribution >= 0.6 is 0 Å². The van der Waals surface area contributed by atoms with E-state index in [0.29, 0.717) is 32.7 Å². The molecule has 29 heavy (non-hydrogen) atoms. The quantitative estimate of drug-likeness (QED) is 0.688. The second-order valence-corrected chi connectivity index (χ2v) is 7.38. The Hall–Kier alpha value is -3.25. The molecular weight excluding hydrogens is 366 g/mol. The van der Waals surface area contributed by atoms with Crippen LogP contribution in [0.4, 0.5) is 0 Å². The summed E-state index contributed by atoms with van der Waals surface area (Å²) >= 11 is 0. The van der Waals surface area contributed by atoms with Gasteiger partial charge >= 0.3 is 0 Å². The maximum atomic E-state index is 13.1. The Morgan fingerprint density at radius 2 is 1.97 bits per heavy atom. The molecule has 3 heterocycles. The number of rotatable bonds is 4. The Bertz CT molecular complexity index is 1080. The van der Waals surface area contributed by atoms with Crippen LogP contribution in [0.1, 0.15) is 44.1 Å². The van der Waals surface area contributed by atoms with Gasteiger partial charge in [-0.2, -0.15) is 0 Å². The predicted molar refractivity (Wildman–Crippen MR) is 106 cm³/mol. The van der Waals surface area contributed by atoms with E-state index in [1.54, 1.807) is 7.11 Å². The summed E-state index contributed by atoms with van der Waals surface area (Å²) in [5, 5.41) is 0. The van der Waals surface area contributed by atoms with Gasteiger partial charge in [-0.3, -0.25) is 4.79 Å². The number of benzene rings is 2. The average molecular weight is 387 g/mol. The van der Waals surface area contributed by atoms with Crippen molar-refractivity contribution in [2.45, 2.75) is 32.7 Å². The smallest absolute Gasteiger partial charge is 0.254 e. The highest BCUT2D eigenvalue weighted by Crippen LogP contribution is 2.28. The number of fused-ring (bicyclic) bond motifs is 2. The van der Waals surface area contributed by atoms with Gasteiger partial charge in [-0.05, 0) is 34.9 Å². The van der Waals surface area contributed by atoms with E-state index in [0.717, 1.165) is 45.1 Å². The van der Waals surface area contributed by atoms with Crippen LogP contribution in [-0.2, 0) is 37.5 Å². The third-order valence-electron chi connectivity index (χ3n) is 5.52. The van der Waals surface area contributed by atoms with Gasteiger partial charge in [0, 0.05) is 30.3 Å². The molecule has 5 rings (SSSR count). The monoisotopic (exact) mass is 387 g/mol. The van der Waals surface area contributed by atoms with Crippen LogP contribution in [0.5, 0.6) is 5.75 Å². The summed E-state index contributed by atoms with van der Waals surface area (Å²) < 4.78 is 10.7. The number of hydrogen-bond acceptors (Lipinski definition) is 5. The molecule has 2 aliphatic rings. The van der Waals surface area contributed by atoms with Gasteiger partial charge in [0.25, 0.3) is 5.91 Å². The van der Waals surface area contributed by atoms with Gasteiger partial charge in [-0.1, -0.05) is 24.3 Å². The van der Waals surface area contributed by atoms with Gasteiger partial charge in [0.2, 0.25) is 0 Å². The number of nitrogens with zero attached hydrogens (tertiary/aromatic N) is 3. The first-order chi connectivity index (χ1) is 14.2. The molecule has 2 aromatic carbocycles. The maximum absolute atomic E-state index is 13.1. The Balaban J connectivity index is 1.33. The van der Waals surface area contributed by atoms with E-state index in [2.05, 4.69) is 4.98 Å². The third kappa shape index (κ3) is 3.36. The summed E-state index contributed by atoms with van der Waals surface area (Å²) in [6, 6.07) is 13.7. The van der Waals surface area contributed by atoms with Gasteiger partial charge in [-0.15, -0.1) is 0 Å². The van der Waals surface area contributed by atoms with Crippen molar-refractivity contribution in [2.75, 3.05) is 7.11 Å². The Morgan fingerprint density at radius 1 is 1.10 bits per heavy atom. The van der Waals surface area contributed by atoms with Crippen molar-refractivity contribution in [3.8, 4) is 5.75 Å². The van der Waals surface area contributed by atoms with Crippen LogP contribution in [-0.4, -0.2) is 27.9 Å². The molecule has 146 valence electrons. The number of hydrogen-bond donors (Lipinski definition) is 0. The highest BCUT2D eigenvalue weighted by molar-refractivity contribution is 5.96. The van der Waals surface area contributed by atoms with Gasteiger partial charge in [0.1, 0.15) is 11.6 Å². The first kappa shape index (κ1) is 17.8. The fourth-order valence-corrected chi connectivity index (χ4v) is 3.92. The zero-order chi connectivity index (χ0) is 19.8. The van der Waals surface area contributed by atoms with Crippen LogP contribution in [0.3, 0.4) is 0 Å². The van der Waals surface area contributed by atoms with Gasteiger partial charge in [0.15, 0.2) is 0 Å². The van der Waals surface area contributed by atoms with Crippen LogP contribution in [0, 0.1) is 0 Å². The molecule has 0 aliphatic carbocycles. The lowest BCUT2D eigenvalue weighted by atomic mass is 10.0. The summed E-state index contributed by atoms with van der Waals surface area (Å²) in [6.07, 6.45) is 2.50. The minimum absolute atomic E-state index is 0.0297. The number of carbonyl (C=O) groups is 1. The molecule has 2 aliphatic heterocycles. The largest absolute Gasteiger partial charge is 0.497 e. The zero-order valence-electron chi connectivity index (χ0n) is 16.2. The van der Waals surface area contributed by atoms with E-state index >= 15 is 0 Å². The summed E-state index contributed by atoms with van der Waals surface area (Å²) in [7, 11) is 1.66. The normalized spacial score (nSPS) is 14.6. The van der Waals surface area contributed by atoms with E-state index < -0.39 is 0 Å². The lowest BCUT2D eigenvalue weighted by molar-refractivity contribution is 0.0746. The lowest BCUT2D eigenvalue weighted by Gasteiger charge is -2.16.